The molecule has 0 saturated carbocycles. The molecule has 114 valence electrons. The van der Waals surface area contributed by atoms with Crippen LogP contribution in [0, 0.1) is 0 Å². The van der Waals surface area contributed by atoms with Crippen LogP contribution in [0.3, 0.4) is 0 Å². The molecule has 7 N–H and O–H groups in total. The standard InChI is InChI=1S/C6H12O6.C4H8O3/c7-1-3(9)5(11)6(12)4(10)2-8;1-2-3(5)4(6)7/h1,3-6,8-12H,2H2;3,5H,2H2,1H3,(H,6,7)/t3-,4+,5+,6+;/m0./s1. The van der Waals surface area contributed by atoms with Gasteiger partial charge in [-0.3, -0.25) is 0 Å². The van der Waals surface area contributed by atoms with Gasteiger partial charge in [-0.15, -0.1) is 0 Å². The molecule has 0 aliphatic carbocycles. The van der Waals surface area contributed by atoms with Crippen molar-refractivity contribution in [2.75, 3.05) is 6.61 Å². The molecule has 0 radical (unpaired) electrons. The van der Waals surface area contributed by atoms with Gasteiger partial charge in [-0.2, -0.15) is 0 Å². The Labute approximate surface area is 109 Å². The Bertz CT molecular complexity index is 257. The molecule has 9 heteroatoms. The summed E-state index contributed by atoms with van der Waals surface area (Å²) in [6.45, 7) is 0.850. The highest BCUT2D eigenvalue weighted by Crippen LogP contribution is 2.02. The number of carboxylic acids is 1. The average molecular weight is 284 g/mol. The van der Waals surface area contributed by atoms with Gasteiger partial charge in [0.05, 0.1) is 6.61 Å². The van der Waals surface area contributed by atoms with Gasteiger partial charge in [0.1, 0.15) is 24.4 Å². The second-order valence-corrected chi connectivity index (χ2v) is 3.62. The molecule has 0 aliphatic rings. The maximum absolute atomic E-state index is 9.90. The number of carboxylic acid groups (broad SMARTS) is 1. The average Bonchev–Trinajstić information content (AvgIpc) is 2.43. The number of carbonyl (C=O) groups excluding carboxylic acids is 1. The van der Waals surface area contributed by atoms with Crippen molar-refractivity contribution in [3.63, 3.8) is 0 Å². The molecular weight excluding hydrogens is 264 g/mol. The Kier molecular flexibility index (Phi) is 11.5. The number of rotatable bonds is 7. The minimum atomic E-state index is -1.79. The molecule has 0 amide bonds. The second kappa shape index (κ2) is 10.8. The number of aliphatic hydroxyl groups is 6. The van der Waals surface area contributed by atoms with E-state index in [0.29, 0.717) is 0 Å². The van der Waals surface area contributed by atoms with E-state index in [1.807, 2.05) is 0 Å². The van der Waals surface area contributed by atoms with Gasteiger partial charge >= 0.3 is 5.97 Å². The van der Waals surface area contributed by atoms with Crippen molar-refractivity contribution in [2.45, 2.75) is 43.9 Å². The van der Waals surface area contributed by atoms with Gasteiger partial charge in [0.25, 0.3) is 0 Å². The quantitative estimate of drug-likeness (QED) is 0.233. The van der Waals surface area contributed by atoms with E-state index in [1.54, 1.807) is 6.92 Å². The molecule has 9 nitrogen and oxygen atoms in total. The largest absolute Gasteiger partial charge is 0.479 e. The fraction of sp³-hybridized carbons (Fsp3) is 0.800. The summed E-state index contributed by atoms with van der Waals surface area (Å²) in [6, 6.07) is 0. The zero-order valence-corrected chi connectivity index (χ0v) is 10.3. The zero-order chi connectivity index (χ0) is 15.6. The van der Waals surface area contributed by atoms with Gasteiger partial charge in [0.15, 0.2) is 12.4 Å². The molecule has 0 aromatic rings. The van der Waals surface area contributed by atoms with Gasteiger partial charge in [0, 0.05) is 0 Å². The molecule has 1 unspecified atom stereocenters. The normalized spacial score (nSPS) is 18.3. The van der Waals surface area contributed by atoms with Crippen LogP contribution in [0.1, 0.15) is 13.3 Å². The highest BCUT2D eigenvalue weighted by Gasteiger charge is 2.29. The molecule has 0 aliphatic heterocycles. The lowest BCUT2D eigenvalue weighted by molar-refractivity contribution is -0.146. The van der Waals surface area contributed by atoms with Crippen LogP contribution in [0.2, 0.25) is 0 Å². The van der Waals surface area contributed by atoms with Crippen LogP contribution < -0.4 is 0 Å². The van der Waals surface area contributed by atoms with E-state index < -0.39 is 43.1 Å². The fourth-order valence-electron chi connectivity index (χ4n) is 0.793. The summed E-state index contributed by atoms with van der Waals surface area (Å²) in [6.07, 6.45) is -7.75. The van der Waals surface area contributed by atoms with Crippen LogP contribution in [-0.2, 0) is 9.59 Å². The summed E-state index contributed by atoms with van der Waals surface area (Å²) in [5.41, 5.74) is 0. The van der Waals surface area contributed by atoms with Crippen LogP contribution in [0.25, 0.3) is 0 Å². The molecule has 0 heterocycles. The van der Waals surface area contributed by atoms with Crippen molar-refractivity contribution in [2.24, 2.45) is 0 Å². The number of hydrogen-bond donors (Lipinski definition) is 7. The van der Waals surface area contributed by atoms with Crippen molar-refractivity contribution in [3.05, 3.63) is 0 Å². The van der Waals surface area contributed by atoms with Crippen molar-refractivity contribution < 1.29 is 45.3 Å². The lowest BCUT2D eigenvalue weighted by atomic mass is 10.0. The van der Waals surface area contributed by atoms with Gasteiger partial charge in [0.2, 0.25) is 0 Å². The number of aliphatic hydroxyl groups excluding tert-OH is 6. The second-order valence-electron chi connectivity index (χ2n) is 3.62. The van der Waals surface area contributed by atoms with E-state index in [9.17, 15) is 9.59 Å². The summed E-state index contributed by atoms with van der Waals surface area (Å²) in [4.78, 5) is 19.6. The third-order valence-corrected chi connectivity index (χ3v) is 2.09. The maximum atomic E-state index is 9.90. The van der Waals surface area contributed by atoms with Gasteiger partial charge in [-0.1, -0.05) is 6.92 Å². The molecule has 5 atom stereocenters. The summed E-state index contributed by atoms with van der Waals surface area (Å²) < 4.78 is 0. The summed E-state index contributed by atoms with van der Waals surface area (Å²) in [5.74, 6) is -1.15. The minimum absolute atomic E-state index is 0.0258. The summed E-state index contributed by atoms with van der Waals surface area (Å²) in [5, 5.41) is 59.8. The first-order chi connectivity index (χ1) is 8.72. The number of carbonyl (C=O) groups is 2. The molecule has 0 bridgehead atoms. The highest BCUT2D eigenvalue weighted by molar-refractivity contribution is 5.71. The Morgan fingerprint density at radius 3 is 1.79 bits per heavy atom. The van der Waals surface area contributed by atoms with E-state index in [4.69, 9.17) is 35.7 Å². The van der Waals surface area contributed by atoms with Gasteiger partial charge in [-0.25, -0.2) is 4.79 Å². The Balaban J connectivity index is 0. The lowest BCUT2D eigenvalue weighted by Crippen LogP contribution is -2.46. The van der Waals surface area contributed by atoms with Crippen LogP contribution in [-0.4, -0.2) is 85.1 Å². The van der Waals surface area contributed by atoms with E-state index in [1.165, 1.54) is 0 Å². The smallest absolute Gasteiger partial charge is 0.332 e. The van der Waals surface area contributed by atoms with Crippen LogP contribution in [0.15, 0.2) is 0 Å². The molecule has 0 aromatic carbocycles. The number of aliphatic carboxylic acids is 1. The molecule has 0 rings (SSSR count). The van der Waals surface area contributed by atoms with Crippen LogP contribution in [0.5, 0.6) is 0 Å². The molecule has 0 spiro atoms. The van der Waals surface area contributed by atoms with Gasteiger partial charge < -0.3 is 40.5 Å². The Hall–Kier alpha value is -1.10. The fourth-order valence-corrected chi connectivity index (χ4v) is 0.793. The number of aldehydes is 1. The highest BCUT2D eigenvalue weighted by atomic mass is 16.4. The van der Waals surface area contributed by atoms with Crippen molar-refractivity contribution in [1.82, 2.24) is 0 Å². The van der Waals surface area contributed by atoms with Crippen LogP contribution >= 0.6 is 0 Å². The van der Waals surface area contributed by atoms with E-state index in [2.05, 4.69) is 0 Å². The first-order valence-corrected chi connectivity index (χ1v) is 5.42. The first kappa shape index (κ1) is 20.2. The molecule has 0 fully saturated rings. The topological polar surface area (TPSA) is 176 Å². The Morgan fingerprint density at radius 2 is 1.58 bits per heavy atom. The zero-order valence-electron chi connectivity index (χ0n) is 10.3. The lowest BCUT2D eigenvalue weighted by Gasteiger charge is -2.22. The van der Waals surface area contributed by atoms with Crippen molar-refractivity contribution >= 4 is 12.3 Å². The van der Waals surface area contributed by atoms with E-state index >= 15 is 0 Å². The van der Waals surface area contributed by atoms with Gasteiger partial charge in [-0.05, 0) is 6.42 Å². The Morgan fingerprint density at radius 1 is 1.11 bits per heavy atom. The third-order valence-electron chi connectivity index (χ3n) is 2.09. The van der Waals surface area contributed by atoms with Crippen molar-refractivity contribution in [1.29, 1.82) is 0 Å². The summed E-state index contributed by atoms with van der Waals surface area (Å²) in [7, 11) is 0. The van der Waals surface area contributed by atoms with E-state index in [-0.39, 0.29) is 12.7 Å². The monoisotopic (exact) mass is 284 g/mol. The molecular formula is C10H20O9. The van der Waals surface area contributed by atoms with Crippen LogP contribution in [0.4, 0.5) is 0 Å². The predicted octanol–water partition coefficient (Wildman–Crippen LogP) is -3.54. The maximum Gasteiger partial charge on any atom is 0.332 e. The predicted molar refractivity (Wildman–Crippen MR) is 61.1 cm³/mol. The van der Waals surface area contributed by atoms with Crippen molar-refractivity contribution in [3.8, 4) is 0 Å². The van der Waals surface area contributed by atoms with E-state index in [0.717, 1.165) is 0 Å². The minimum Gasteiger partial charge on any atom is -0.479 e. The molecule has 0 saturated heterocycles. The summed E-state index contributed by atoms with van der Waals surface area (Å²) >= 11 is 0. The third kappa shape index (κ3) is 8.59. The number of hydrogen-bond acceptors (Lipinski definition) is 8. The first-order valence-electron chi connectivity index (χ1n) is 5.42. The molecule has 19 heavy (non-hydrogen) atoms. The SMILES string of the molecule is CCC(O)C(=O)O.O=C[C@H](O)[C@@H](O)[C@H](O)[C@H](O)CO. The molecule has 0 aromatic heterocycles.